The molecule has 152 valence electrons. The molecular weight excluding hydrogens is 435 g/mol. The van der Waals surface area contributed by atoms with Crippen LogP contribution in [0.15, 0.2) is 77.8 Å². The van der Waals surface area contributed by atoms with Crippen molar-refractivity contribution >= 4 is 46.0 Å². The van der Waals surface area contributed by atoms with Crippen LogP contribution in [-0.2, 0) is 17.0 Å². The van der Waals surface area contributed by atoms with Gasteiger partial charge in [-0.05, 0) is 34.4 Å². The normalized spacial score (nSPS) is 13.4. The number of hydrogen-bond acceptors (Lipinski definition) is 3. The fourth-order valence-electron chi connectivity index (χ4n) is 3.28. The number of carbonyl (C=O) groups excluding carboxylic acids is 1. The molecule has 1 heterocycles. The summed E-state index contributed by atoms with van der Waals surface area (Å²) in [5.74, 6) is 0.707. The molecule has 3 aromatic rings. The number of hydrogen-bond donors (Lipinski definition) is 0. The van der Waals surface area contributed by atoms with Gasteiger partial charge in [-0.3, -0.25) is 14.7 Å². The zero-order valence-electron chi connectivity index (χ0n) is 16.2. The van der Waals surface area contributed by atoms with E-state index in [4.69, 9.17) is 23.2 Å². The average Bonchev–Trinajstić information content (AvgIpc) is 3.23. The molecule has 3 nitrogen and oxygen atoms in total. The van der Waals surface area contributed by atoms with E-state index in [9.17, 15) is 4.79 Å². The zero-order chi connectivity index (χ0) is 20.9. The molecule has 0 radical (unpaired) electrons. The van der Waals surface area contributed by atoms with E-state index >= 15 is 0 Å². The van der Waals surface area contributed by atoms with Crippen molar-refractivity contribution in [1.82, 2.24) is 4.90 Å². The molecule has 0 saturated carbocycles. The number of aliphatic imine (C=N–C) groups is 1. The molecule has 0 unspecified atom stereocenters. The van der Waals surface area contributed by atoms with E-state index in [1.54, 1.807) is 11.0 Å². The number of carbonyl (C=O) groups is 1. The van der Waals surface area contributed by atoms with Gasteiger partial charge in [0.25, 0.3) is 0 Å². The van der Waals surface area contributed by atoms with E-state index < -0.39 is 0 Å². The minimum absolute atomic E-state index is 0.0633. The maximum Gasteiger partial charge on any atom is 0.233 e. The number of benzene rings is 3. The number of nitrogens with zero attached hydrogens (tertiary/aromatic N) is 2. The van der Waals surface area contributed by atoms with Crippen LogP contribution in [0.5, 0.6) is 0 Å². The largest absolute Gasteiger partial charge is 0.289 e. The highest BCUT2D eigenvalue weighted by molar-refractivity contribution is 8.13. The lowest BCUT2D eigenvalue weighted by molar-refractivity contribution is -0.126. The van der Waals surface area contributed by atoms with Crippen molar-refractivity contribution in [1.29, 1.82) is 0 Å². The molecule has 0 bridgehead atoms. The summed E-state index contributed by atoms with van der Waals surface area (Å²) in [6.45, 7) is 1.26. The van der Waals surface area contributed by atoms with Gasteiger partial charge in [0, 0.05) is 22.3 Å². The van der Waals surface area contributed by atoms with Crippen LogP contribution < -0.4 is 0 Å². The smallest absolute Gasteiger partial charge is 0.233 e. The molecule has 6 heteroatoms. The van der Waals surface area contributed by atoms with E-state index in [2.05, 4.69) is 29.3 Å². The molecule has 1 aliphatic heterocycles. The molecule has 0 saturated heterocycles. The third kappa shape index (κ3) is 5.07. The topological polar surface area (TPSA) is 32.7 Å². The third-order valence-corrected chi connectivity index (χ3v) is 6.54. The summed E-state index contributed by atoms with van der Waals surface area (Å²) in [5, 5.41) is 2.00. The Morgan fingerprint density at radius 3 is 2.43 bits per heavy atom. The van der Waals surface area contributed by atoms with E-state index in [-0.39, 0.29) is 5.91 Å². The number of halogens is 2. The maximum absolute atomic E-state index is 12.9. The average molecular weight is 455 g/mol. The molecular formula is C24H20Cl2N2OS. The highest BCUT2D eigenvalue weighted by atomic mass is 35.5. The van der Waals surface area contributed by atoms with Crippen LogP contribution in [0.3, 0.4) is 0 Å². The van der Waals surface area contributed by atoms with Gasteiger partial charge in [-0.1, -0.05) is 95.6 Å². The second-order valence-corrected chi connectivity index (χ2v) is 8.76. The van der Waals surface area contributed by atoms with Crippen molar-refractivity contribution in [2.75, 3.05) is 13.1 Å². The maximum atomic E-state index is 12.9. The SMILES string of the molecule is O=C(Cc1ccc(-c2ccccc2)cc1)N1CCN=C1SCc1ccc(Cl)cc1Cl. The van der Waals surface area contributed by atoms with Gasteiger partial charge in [0.15, 0.2) is 5.17 Å². The Morgan fingerprint density at radius 1 is 0.967 bits per heavy atom. The quantitative estimate of drug-likeness (QED) is 0.450. The highest BCUT2D eigenvalue weighted by Gasteiger charge is 2.24. The lowest BCUT2D eigenvalue weighted by Crippen LogP contribution is -2.34. The lowest BCUT2D eigenvalue weighted by Gasteiger charge is -2.18. The van der Waals surface area contributed by atoms with E-state index in [1.165, 1.54) is 17.3 Å². The molecule has 0 N–H and O–H groups in total. The molecule has 3 aromatic carbocycles. The van der Waals surface area contributed by atoms with Crippen LogP contribution >= 0.6 is 35.0 Å². The first-order chi connectivity index (χ1) is 14.6. The van der Waals surface area contributed by atoms with Gasteiger partial charge in [-0.15, -0.1) is 0 Å². The Balaban J connectivity index is 1.37. The molecule has 0 spiro atoms. The van der Waals surface area contributed by atoms with Crippen molar-refractivity contribution < 1.29 is 4.79 Å². The van der Waals surface area contributed by atoms with Crippen molar-refractivity contribution in [2.45, 2.75) is 12.2 Å². The Kier molecular flexibility index (Phi) is 6.78. The molecule has 0 aliphatic carbocycles. The zero-order valence-corrected chi connectivity index (χ0v) is 18.6. The number of rotatable bonds is 5. The van der Waals surface area contributed by atoms with E-state index in [0.29, 0.717) is 35.3 Å². The summed E-state index contributed by atoms with van der Waals surface area (Å²) in [6, 6.07) is 23.8. The molecule has 1 aliphatic rings. The van der Waals surface area contributed by atoms with Crippen molar-refractivity contribution in [2.24, 2.45) is 4.99 Å². The molecule has 0 fully saturated rings. The second kappa shape index (κ2) is 9.69. The molecule has 1 amide bonds. The number of amides is 1. The minimum atomic E-state index is 0.0633. The van der Waals surface area contributed by atoms with Crippen LogP contribution in [0.4, 0.5) is 0 Å². The van der Waals surface area contributed by atoms with Crippen molar-refractivity contribution in [3.05, 3.63) is 94.0 Å². The number of thioether (sulfide) groups is 1. The molecule has 0 aromatic heterocycles. The van der Waals surface area contributed by atoms with Gasteiger partial charge in [0.2, 0.25) is 5.91 Å². The van der Waals surface area contributed by atoms with Crippen molar-refractivity contribution in [3.63, 3.8) is 0 Å². The minimum Gasteiger partial charge on any atom is -0.289 e. The monoisotopic (exact) mass is 454 g/mol. The van der Waals surface area contributed by atoms with Crippen LogP contribution in [-0.4, -0.2) is 29.1 Å². The van der Waals surface area contributed by atoms with Crippen LogP contribution in [0.25, 0.3) is 11.1 Å². The predicted molar refractivity (Wildman–Crippen MR) is 127 cm³/mol. The van der Waals surface area contributed by atoms with Gasteiger partial charge in [-0.2, -0.15) is 0 Å². The van der Waals surface area contributed by atoms with Crippen LogP contribution in [0, 0.1) is 0 Å². The first-order valence-electron chi connectivity index (χ1n) is 9.66. The first kappa shape index (κ1) is 21.0. The molecule has 4 rings (SSSR count). The van der Waals surface area contributed by atoms with Gasteiger partial charge < -0.3 is 0 Å². The Labute approximate surface area is 190 Å². The summed E-state index contributed by atoms with van der Waals surface area (Å²) < 4.78 is 0. The Morgan fingerprint density at radius 2 is 1.70 bits per heavy atom. The summed E-state index contributed by atoms with van der Waals surface area (Å²) in [4.78, 5) is 19.2. The van der Waals surface area contributed by atoms with Gasteiger partial charge in [0.05, 0.1) is 13.0 Å². The Hall–Kier alpha value is -2.27. The summed E-state index contributed by atoms with van der Waals surface area (Å²) in [6.07, 6.45) is 0.357. The molecule has 30 heavy (non-hydrogen) atoms. The summed E-state index contributed by atoms with van der Waals surface area (Å²) in [5.41, 5.74) is 4.29. The second-order valence-electron chi connectivity index (χ2n) is 6.97. The first-order valence-corrected chi connectivity index (χ1v) is 11.4. The summed E-state index contributed by atoms with van der Waals surface area (Å²) >= 11 is 13.8. The van der Waals surface area contributed by atoms with Gasteiger partial charge in [-0.25, -0.2) is 0 Å². The lowest BCUT2D eigenvalue weighted by atomic mass is 10.0. The fraction of sp³-hybridized carbons (Fsp3) is 0.167. The van der Waals surface area contributed by atoms with E-state index in [0.717, 1.165) is 21.9 Å². The van der Waals surface area contributed by atoms with Gasteiger partial charge >= 0.3 is 0 Å². The van der Waals surface area contributed by atoms with Gasteiger partial charge in [0.1, 0.15) is 0 Å². The fourth-order valence-corrected chi connectivity index (χ4v) is 4.90. The van der Waals surface area contributed by atoms with E-state index in [1.807, 2.05) is 42.5 Å². The highest BCUT2D eigenvalue weighted by Crippen LogP contribution is 2.27. The third-order valence-electron chi connectivity index (χ3n) is 4.89. The summed E-state index contributed by atoms with van der Waals surface area (Å²) in [7, 11) is 0. The Bertz CT molecular complexity index is 1070. The van der Waals surface area contributed by atoms with Crippen LogP contribution in [0.1, 0.15) is 11.1 Å². The standard InChI is InChI=1S/C24H20Cl2N2OS/c25-21-11-10-20(22(26)15-21)16-30-24-27-12-13-28(24)23(29)14-17-6-8-19(9-7-17)18-4-2-1-3-5-18/h1-11,15H,12-14,16H2. The predicted octanol–water partition coefficient (Wildman–Crippen LogP) is 6.33. The van der Waals surface area contributed by atoms with Crippen LogP contribution in [0.2, 0.25) is 10.0 Å². The number of amidine groups is 1. The molecule has 0 atom stereocenters. The van der Waals surface area contributed by atoms with Crippen molar-refractivity contribution in [3.8, 4) is 11.1 Å².